The summed E-state index contributed by atoms with van der Waals surface area (Å²) in [4.78, 5) is 0. The number of phenols is 1. The van der Waals surface area contributed by atoms with Crippen molar-refractivity contribution in [3.05, 3.63) is 23.8 Å². The molecule has 4 nitrogen and oxygen atoms in total. The van der Waals surface area contributed by atoms with E-state index in [9.17, 15) is 5.11 Å². The lowest BCUT2D eigenvalue weighted by Gasteiger charge is -2.22. The number of phenolic OH excluding ortho intramolecular Hbond substituents is 1. The molecule has 0 aliphatic rings. The van der Waals surface area contributed by atoms with Gasteiger partial charge in [0.15, 0.2) is 11.5 Å². The summed E-state index contributed by atoms with van der Waals surface area (Å²) in [7, 11) is 3.24. The fourth-order valence-corrected chi connectivity index (χ4v) is 1.78. The van der Waals surface area contributed by atoms with E-state index in [-0.39, 0.29) is 11.8 Å². The van der Waals surface area contributed by atoms with Gasteiger partial charge in [-0.15, -0.1) is 0 Å². The number of methoxy groups -OCH3 is 2. The summed E-state index contributed by atoms with van der Waals surface area (Å²) in [5, 5.41) is 13.4. The molecule has 0 heterocycles. The van der Waals surface area contributed by atoms with Crippen molar-refractivity contribution in [3.63, 3.8) is 0 Å². The Morgan fingerprint density at radius 1 is 1.28 bits per heavy atom. The Labute approximate surface area is 109 Å². The van der Waals surface area contributed by atoms with Gasteiger partial charge in [-0.2, -0.15) is 0 Å². The Bertz CT molecular complexity index is 366. The van der Waals surface area contributed by atoms with Gasteiger partial charge in [-0.25, -0.2) is 0 Å². The third kappa shape index (κ3) is 3.89. The highest BCUT2D eigenvalue weighted by molar-refractivity contribution is 5.45. The fourth-order valence-electron chi connectivity index (χ4n) is 1.78. The third-order valence-corrected chi connectivity index (χ3v) is 3.01. The zero-order valence-corrected chi connectivity index (χ0v) is 11.6. The van der Waals surface area contributed by atoms with Crippen molar-refractivity contribution in [1.82, 2.24) is 5.32 Å². The van der Waals surface area contributed by atoms with E-state index in [1.807, 2.05) is 12.1 Å². The van der Waals surface area contributed by atoms with Gasteiger partial charge in [-0.05, 0) is 12.0 Å². The summed E-state index contributed by atoms with van der Waals surface area (Å²) in [6, 6.07) is 5.76. The predicted octanol–water partition coefficient (Wildman–Crippen LogP) is 2.16. The largest absolute Gasteiger partial charge is 0.504 e. The van der Waals surface area contributed by atoms with Crippen LogP contribution in [-0.4, -0.2) is 32.0 Å². The van der Waals surface area contributed by atoms with E-state index in [0.717, 1.165) is 5.56 Å². The first kappa shape index (κ1) is 14.8. The van der Waals surface area contributed by atoms with E-state index in [1.54, 1.807) is 20.3 Å². The molecule has 102 valence electrons. The molecule has 1 aromatic carbocycles. The summed E-state index contributed by atoms with van der Waals surface area (Å²) in [6.07, 6.45) is 0. The molecule has 0 amide bonds. The van der Waals surface area contributed by atoms with E-state index in [4.69, 9.17) is 9.47 Å². The molecule has 18 heavy (non-hydrogen) atoms. The molecule has 0 bridgehead atoms. The number of hydrogen-bond acceptors (Lipinski definition) is 4. The molecule has 0 aliphatic carbocycles. The molecule has 1 rings (SSSR count). The van der Waals surface area contributed by atoms with E-state index < -0.39 is 0 Å². The summed E-state index contributed by atoms with van der Waals surface area (Å²) < 4.78 is 10.3. The number of para-hydroxylation sites is 1. The van der Waals surface area contributed by atoms with E-state index in [2.05, 4.69) is 19.2 Å². The lowest BCUT2D eigenvalue weighted by molar-refractivity contribution is 0.146. The Morgan fingerprint density at radius 3 is 2.56 bits per heavy atom. The lowest BCUT2D eigenvalue weighted by atomic mass is 10.0. The van der Waals surface area contributed by atoms with Crippen LogP contribution in [0.3, 0.4) is 0 Å². The molecule has 0 aromatic heterocycles. The third-order valence-electron chi connectivity index (χ3n) is 3.01. The topological polar surface area (TPSA) is 50.7 Å². The van der Waals surface area contributed by atoms with E-state index in [0.29, 0.717) is 24.8 Å². The van der Waals surface area contributed by atoms with Gasteiger partial charge in [0.2, 0.25) is 0 Å². The summed E-state index contributed by atoms with van der Waals surface area (Å²) in [6.45, 7) is 5.53. The van der Waals surface area contributed by atoms with Gasteiger partial charge < -0.3 is 19.9 Å². The Hall–Kier alpha value is -1.26. The first-order valence-corrected chi connectivity index (χ1v) is 6.17. The maximum Gasteiger partial charge on any atom is 0.162 e. The van der Waals surface area contributed by atoms with Crippen LogP contribution in [0.1, 0.15) is 19.4 Å². The van der Waals surface area contributed by atoms with Crippen LogP contribution in [0.4, 0.5) is 0 Å². The zero-order chi connectivity index (χ0) is 13.5. The molecule has 0 radical (unpaired) electrons. The first-order chi connectivity index (χ1) is 8.60. The molecule has 2 N–H and O–H groups in total. The van der Waals surface area contributed by atoms with Crippen molar-refractivity contribution in [2.24, 2.45) is 5.92 Å². The van der Waals surface area contributed by atoms with Crippen LogP contribution in [0.2, 0.25) is 0 Å². The first-order valence-electron chi connectivity index (χ1n) is 6.17. The van der Waals surface area contributed by atoms with Gasteiger partial charge in [0, 0.05) is 25.3 Å². The number of nitrogens with one attached hydrogen (secondary N) is 1. The molecule has 0 aliphatic heterocycles. The van der Waals surface area contributed by atoms with Gasteiger partial charge >= 0.3 is 0 Å². The van der Waals surface area contributed by atoms with Gasteiger partial charge in [0.05, 0.1) is 13.7 Å². The second kappa shape index (κ2) is 7.24. The zero-order valence-electron chi connectivity index (χ0n) is 11.6. The molecular formula is C14H23NO3. The Morgan fingerprint density at radius 2 is 2.00 bits per heavy atom. The van der Waals surface area contributed by atoms with Crippen molar-refractivity contribution in [1.29, 1.82) is 0 Å². The minimum absolute atomic E-state index is 0.201. The minimum atomic E-state index is 0.201. The highest BCUT2D eigenvalue weighted by Gasteiger charge is 2.14. The second-order valence-electron chi connectivity index (χ2n) is 4.65. The number of benzene rings is 1. The number of aromatic hydroxyl groups is 1. The predicted molar refractivity (Wildman–Crippen MR) is 72.0 cm³/mol. The SMILES string of the molecule is COCC(NCc1cccc(OC)c1O)C(C)C. The molecule has 0 saturated heterocycles. The van der Waals surface area contributed by atoms with Crippen LogP contribution >= 0.6 is 0 Å². The van der Waals surface area contributed by atoms with Crippen molar-refractivity contribution in [3.8, 4) is 11.5 Å². The Balaban J connectivity index is 2.67. The highest BCUT2D eigenvalue weighted by Crippen LogP contribution is 2.29. The van der Waals surface area contributed by atoms with E-state index in [1.165, 1.54) is 0 Å². The van der Waals surface area contributed by atoms with Gasteiger partial charge in [-0.3, -0.25) is 0 Å². The molecule has 4 heteroatoms. The highest BCUT2D eigenvalue weighted by atomic mass is 16.5. The van der Waals surface area contributed by atoms with Crippen molar-refractivity contribution >= 4 is 0 Å². The average Bonchev–Trinajstić information content (AvgIpc) is 2.35. The monoisotopic (exact) mass is 253 g/mol. The van der Waals surface area contributed by atoms with Crippen molar-refractivity contribution in [2.75, 3.05) is 20.8 Å². The maximum absolute atomic E-state index is 9.97. The lowest BCUT2D eigenvalue weighted by Crippen LogP contribution is -2.37. The summed E-state index contributed by atoms with van der Waals surface area (Å²) in [5.74, 6) is 1.17. The molecule has 0 spiro atoms. The normalized spacial score (nSPS) is 12.7. The molecule has 0 saturated carbocycles. The van der Waals surface area contributed by atoms with Gasteiger partial charge in [0.25, 0.3) is 0 Å². The van der Waals surface area contributed by atoms with Crippen LogP contribution in [0, 0.1) is 5.92 Å². The van der Waals surface area contributed by atoms with Crippen molar-refractivity contribution < 1.29 is 14.6 Å². The number of rotatable bonds is 7. The maximum atomic E-state index is 9.97. The second-order valence-corrected chi connectivity index (χ2v) is 4.65. The average molecular weight is 253 g/mol. The van der Waals surface area contributed by atoms with Gasteiger partial charge in [0.1, 0.15) is 0 Å². The smallest absolute Gasteiger partial charge is 0.162 e. The van der Waals surface area contributed by atoms with E-state index >= 15 is 0 Å². The van der Waals surface area contributed by atoms with Crippen LogP contribution < -0.4 is 10.1 Å². The number of ether oxygens (including phenoxy) is 2. The number of hydrogen-bond donors (Lipinski definition) is 2. The van der Waals surface area contributed by atoms with Crippen molar-refractivity contribution in [2.45, 2.75) is 26.4 Å². The van der Waals surface area contributed by atoms with Crippen LogP contribution in [0.5, 0.6) is 11.5 Å². The summed E-state index contributed by atoms with van der Waals surface area (Å²) in [5.41, 5.74) is 0.830. The van der Waals surface area contributed by atoms with Crippen LogP contribution in [0.25, 0.3) is 0 Å². The quantitative estimate of drug-likeness (QED) is 0.782. The molecule has 1 unspecified atom stereocenters. The summed E-state index contributed by atoms with van der Waals surface area (Å²) >= 11 is 0. The van der Waals surface area contributed by atoms with Gasteiger partial charge in [-0.1, -0.05) is 26.0 Å². The Kier molecular flexibility index (Phi) is 5.95. The van der Waals surface area contributed by atoms with Crippen LogP contribution in [-0.2, 0) is 11.3 Å². The molecule has 0 fully saturated rings. The molecule has 1 aromatic rings. The fraction of sp³-hybridized carbons (Fsp3) is 0.571. The minimum Gasteiger partial charge on any atom is -0.504 e. The standard InChI is InChI=1S/C14H23NO3/c1-10(2)12(9-17-3)15-8-11-6-5-7-13(18-4)14(11)16/h5-7,10,12,15-16H,8-9H2,1-4H3. The van der Waals surface area contributed by atoms with Crippen LogP contribution in [0.15, 0.2) is 18.2 Å². The molecule has 1 atom stereocenters. The molecular weight excluding hydrogens is 230 g/mol.